The minimum Gasteiger partial charge on any atom is -0.396 e. The van der Waals surface area contributed by atoms with Crippen molar-refractivity contribution in [1.82, 2.24) is 5.32 Å². The van der Waals surface area contributed by atoms with Crippen LogP contribution in [-0.2, 0) is 0 Å². The minimum absolute atomic E-state index is 0.0184. The first kappa shape index (κ1) is 18.1. The van der Waals surface area contributed by atoms with Crippen LogP contribution in [0.1, 0.15) is 42.6 Å². The number of benzene rings is 1. The first-order valence-electron chi connectivity index (χ1n) is 7.51. The van der Waals surface area contributed by atoms with E-state index in [9.17, 15) is 4.79 Å². The standard InChI is InChI=1S/C17H27NO2S/c1-12(2)9-14(7-8-19)11-18-17(20)16-10-15(21-4)6-5-13(16)3/h5-6,10,12,14,19H,7-9,11H2,1-4H3,(H,18,20). The molecule has 1 amide bonds. The van der Waals surface area contributed by atoms with Gasteiger partial charge in [0.05, 0.1) is 0 Å². The van der Waals surface area contributed by atoms with Crippen LogP contribution < -0.4 is 5.32 Å². The first-order valence-corrected chi connectivity index (χ1v) is 8.74. The average molecular weight is 309 g/mol. The Morgan fingerprint density at radius 3 is 2.67 bits per heavy atom. The van der Waals surface area contributed by atoms with Crippen LogP contribution in [0.3, 0.4) is 0 Å². The van der Waals surface area contributed by atoms with Gasteiger partial charge in [0.1, 0.15) is 0 Å². The van der Waals surface area contributed by atoms with Gasteiger partial charge in [-0.25, -0.2) is 0 Å². The van der Waals surface area contributed by atoms with E-state index in [-0.39, 0.29) is 12.5 Å². The number of carbonyl (C=O) groups excluding carboxylic acids is 1. The van der Waals surface area contributed by atoms with E-state index in [4.69, 9.17) is 5.11 Å². The lowest BCUT2D eigenvalue weighted by Crippen LogP contribution is -2.31. The molecular formula is C17H27NO2S. The Morgan fingerprint density at radius 2 is 2.10 bits per heavy atom. The Kier molecular flexibility index (Phi) is 7.83. The number of aliphatic hydroxyl groups excluding tert-OH is 1. The Balaban J connectivity index is 2.67. The largest absolute Gasteiger partial charge is 0.396 e. The number of hydrogen-bond acceptors (Lipinski definition) is 3. The van der Waals surface area contributed by atoms with Crippen molar-refractivity contribution in [3.63, 3.8) is 0 Å². The Labute approximate surface area is 132 Å². The van der Waals surface area contributed by atoms with Crippen LogP contribution >= 0.6 is 11.8 Å². The number of nitrogens with one attached hydrogen (secondary N) is 1. The van der Waals surface area contributed by atoms with Gasteiger partial charge in [-0.3, -0.25) is 4.79 Å². The molecule has 0 aliphatic carbocycles. The van der Waals surface area contributed by atoms with Crippen molar-refractivity contribution in [3.8, 4) is 0 Å². The number of thioether (sulfide) groups is 1. The van der Waals surface area contributed by atoms with E-state index in [0.717, 1.165) is 28.9 Å². The predicted molar refractivity (Wildman–Crippen MR) is 89.9 cm³/mol. The molecule has 0 aromatic heterocycles. The third kappa shape index (κ3) is 6.10. The molecule has 0 spiro atoms. The number of amides is 1. The summed E-state index contributed by atoms with van der Waals surface area (Å²) in [6, 6.07) is 5.96. The number of rotatable bonds is 8. The number of carbonyl (C=O) groups is 1. The highest BCUT2D eigenvalue weighted by Gasteiger charge is 2.14. The van der Waals surface area contributed by atoms with Gasteiger partial charge in [-0.2, -0.15) is 0 Å². The van der Waals surface area contributed by atoms with E-state index in [1.54, 1.807) is 11.8 Å². The summed E-state index contributed by atoms with van der Waals surface area (Å²) >= 11 is 1.64. The molecule has 2 N–H and O–H groups in total. The van der Waals surface area contributed by atoms with Gasteiger partial charge in [0.15, 0.2) is 0 Å². The molecule has 1 aromatic carbocycles. The van der Waals surface area contributed by atoms with Gasteiger partial charge >= 0.3 is 0 Å². The average Bonchev–Trinajstić information content (AvgIpc) is 2.44. The van der Waals surface area contributed by atoms with Crippen molar-refractivity contribution in [1.29, 1.82) is 0 Å². The van der Waals surface area contributed by atoms with Crippen molar-refractivity contribution in [2.75, 3.05) is 19.4 Å². The van der Waals surface area contributed by atoms with E-state index >= 15 is 0 Å². The molecule has 0 saturated heterocycles. The fourth-order valence-electron chi connectivity index (χ4n) is 2.46. The number of aryl methyl sites for hydroxylation is 1. The molecule has 118 valence electrons. The maximum absolute atomic E-state index is 12.3. The van der Waals surface area contributed by atoms with Crippen LogP contribution in [0.15, 0.2) is 23.1 Å². The Bertz CT molecular complexity index is 460. The van der Waals surface area contributed by atoms with Gasteiger partial charge < -0.3 is 10.4 Å². The molecule has 1 aromatic rings. The minimum atomic E-state index is -0.0184. The van der Waals surface area contributed by atoms with Crippen LogP contribution in [0, 0.1) is 18.8 Å². The molecule has 0 saturated carbocycles. The summed E-state index contributed by atoms with van der Waals surface area (Å²) in [7, 11) is 0. The summed E-state index contributed by atoms with van der Waals surface area (Å²) in [5, 5.41) is 12.2. The molecule has 0 aliphatic rings. The van der Waals surface area contributed by atoms with E-state index in [2.05, 4.69) is 19.2 Å². The van der Waals surface area contributed by atoms with Crippen LogP contribution in [0.2, 0.25) is 0 Å². The lowest BCUT2D eigenvalue weighted by molar-refractivity contribution is 0.0940. The third-order valence-corrected chi connectivity index (χ3v) is 4.31. The van der Waals surface area contributed by atoms with Crippen LogP contribution in [0.5, 0.6) is 0 Å². The van der Waals surface area contributed by atoms with E-state index in [1.807, 2.05) is 31.4 Å². The molecule has 3 nitrogen and oxygen atoms in total. The maximum atomic E-state index is 12.3. The highest BCUT2D eigenvalue weighted by atomic mass is 32.2. The second-order valence-electron chi connectivity index (χ2n) is 5.90. The molecule has 21 heavy (non-hydrogen) atoms. The fraction of sp³-hybridized carbons (Fsp3) is 0.588. The zero-order valence-electron chi connectivity index (χ0n) is 13.5. The second kappa shape index (κ2) is 9.11. The molecular weight excluding hydrogens is 282 g/mol. The van der Waals surface area contributed by atoms with Gasteiger partial charge in [-0.15, -0.1) is 11.8 Å². The van der Waals surface area contributed by atoms with Crippen LogP contribution in [-0.4, -0.2) is 30.4 Å². The zero-order valence-corrected chi connectivity index (χ0v) is 14.3. The lowest BCUT2D eigenvalue weighted by atomic mass is 9.94. The fourth-order valence-corrected chi connectivity index (χ4v) is 2.90. The topological polar surface area (TPSA) is 49.3 Å². The normalized spacial score (nSPS) is 12.5. The van der Waals surface area contributed by atoms with Gasteiger partial charge in [-0.05, 0) is 55.6 Å². The molecule has 0 aliphatic heterocycles. The molecule has 0 bridgehead atoms. The third-order valence-electron chi connectivity index (χ3n) is 3.58. The summed E-state index contributed by atoms with van der Waals surface area (Å²) in [5.41, 5.74) is 1.74. The van der Waals surface area contributed by atoms with Crippen molar-refractivity contribution in [2.24, 2.45) is 11.8 Å². The van der Waals surface area contributed by atoms with Crippen molar-refractivity contribution in [2.45, 2.75) is 38.5 Å². The van der Waals surface area contributed by atoms with Gasteiger partial charge in [0.2, 0.25) is 0 Å². The summed E-state index contributed by atoms with van der Waals surface area (Å²) in [6.07, 6.45) is 3.76. The molecule has 0 radical (unpaired) electrons. The first-order chi connectivity index (χ1) is 9.97. The highest BCUT2D eigenvalue weighted by Crippen LogP contribution is 2.19. The quantitative estimate of drug-likeness (QED) is 0.723. The van der Waals surface area contributed by atoms with Crippen LogP contribution in [0.4, 0.5) is 0 Å². The summed E-state index contributed by atoms with van der Waals surface area (Å²) in [4.78, 5) is 13.4. The Hall–Kier alpha value is -1.00. The molecule has 1 rings (SSSR count). The highest BCUT2D eigenvalue weighted by molar-refractivity contribution is 7.98. The summed E-state index contributed by atoms with van der Waals surface area (Å²) in [5.74, 6) is 0.887. The molecule has 1 unspecified atom stereocenters. The SMILES string of the molecule is CSc1ccc(C)c(C(=O)NCC(CCO)CC(C)C)c1. The lowest BCUT2D eigenvalue weighted by Gasteiger charge is -2.19. The van der Waals surface area contributed by atoms with E-state index in [0.29, 0.717) is 18.4 Å². The van der Waals surface area contributed by atoms with Gasteiger partial charge in [-0.1, -0.05) is 19.9 Å². The molecule has 1 atom stereocenters. The van der Waals surface area contributed by atoms with Gasteiger partial charge in [0.25, 0.3) is 5.91 Å². The second-order valence-corrected chi connectivity index (χ2v) is 6.78. The van der Waals surface area contributed by atoms with Crippen molar-refractivity contribution in [3.05, 3.63) is 29.3 Å². The number of aliphatic hydroxyl groups is 1. The van der Waals surface area contributed by atoms with E-state index in [1.165, 1.54) is 0 Å². The zero-order chi connectivity index (χ0) is 15.8. The van der Waals surface area contributed by atoms with Crippen LogP contribution in [0.25, 0.3) is 0 Å². The predicted octanol–water partition coefficient (Wildman–Crippen LogP) is 3.49. The molecule has 0 fully saturated rings. The number of hydrogen-bond donors (Lipinski definition) is 2. The van der Waals surface area contributed by atoms with Crippen molar-refractivity contribution < 1.29 is 9.90 Å². The Morgan fingerprint density at radius 1 is 1.38 bits per heavy atom. The summed E-state index contributed by atoms with van der Waals surface area (Å²) in [6.45, 7) is 7.09. The molecule has 0 heterocycles. The van der Waals surface area contributed by atoms with Gasteiger partial charge in [0, 0.05) is 23.6 Å². The maximum Gasteiger partial charge on any atom is 0.251 e. The monoisotopic (exact) mass is 309 g/mol. The smallest absolute Gasteiger partial charge is 0.251 e. The molecule has 4 heteroatoms. The van der Waals surface area contributed by atoms with E-state index < -0.39 is 0 Å². The summed E-state index contributed by atoms with van der Waals surface area (Å²) < 4.78 is 0. The van der Waals surface area contributed by atoms with Crippen molar-refractivity contribution >= 4 is 17.7 Å².